The predicted octanol–water partition coefficient (Wildman–Crippen LogP) is 2.95. The minimum absolute atomic E-state index is 0.0882. The van der Waals surface area contributed by atoms with Crippen LogP contribution in [0.5, 0.6) is 5.75 Å². The normalized spacial score (nSPS) is 16.4. The first-order valence-electron chi connectivity index (χ1n) is 18.0. The van der Waals surface area contributed by atoms with Crippen molar-refractivity contribution in [1.82, 2.24) is 33.5 Å². The second kappa shape index (κ2) is 15.8. The number of hydrogen-bond acceptors (Lipinski definition) is 9. The molecule has 2 aliphatic heterocycles. The van der Waals surface area contributed by atoms with Gasteiger partial charge in [-0.2, -0.15) is 0 Å². The van der Waals surface area contributed by atoms with Crippen LogP contribution in [-0.2, 0) is 31.4 Å². The number of benzene rings is 1. The maximum absolute atomic E-state index is 15.8. The van der Waals surface area contributed by atoms with Crippen LogP contribution in [0, 0.1) is 5.82 Å². The summed E-state index contributed by atoms with van der Waals surface area (Å²) in [4.78, 5) is 60.1. The molecule has 6 heterocycles. The topological polar surface area (TPSA) is 137 Å². The van der Waals surface area contributed by atoms with E-state index in [9.17, 15) is 19.2 Å². The summed E-state index contributed by atoms with van der Waals surface area (Å²) >= 11 is 0. The van der Waals surface area contributed by atoms with Crippen molar-refractivity contribution in [3.05, 3.63) is 126 Å². The quantitative estimate of drug-likeness (QED) is 0.218. The smallest absolute Gasteiger partial charge is 0.328 e. The zero-order valence-electron chi connectivity index (χ0n) is 30.0. The number of likely N-dealkylation sites (tertiary alicyclic amines) is 2. The Balaban J connectivity index is 0.888. The van der Waals surface area contributed by atoms with Gasteiger partial charge in [0.1, 0.15) is 11.6 Å². The number of nitrogens with zero attached hydrogens (tertiary/aromatic N) is 6. The number of rotatable bonds is 11. The molecule has 278 valence electrons. The van der Waals surface area contributed by atoms with E-state index in [4.69, 9.17) is 9.47 Å². The fourth-order valence-corrected chi connectivity index (χ4v) is 7.50. The standard InChI is InChI=1S/C39H44FN7O6/c1-43-24-32(30-5-11-41-22-31(30)38(43)50)27-20-34(40)33(35(21-27)52-2)25-45-15-8-29(9-16-45)53-28-6-13-44(14-7-28)18-19-46-12-3-4-26(37(46)49)23-47-17-10-36(48)42-39(47)51/h3-5,10-12,17,20-22,24,28-29H,6-9,13-16,18-19,23,25H2,1-2H3,(H,42,48,51). The van der Waals surface area contributed by atoms with E-state index in [2.05, 4.69) is 19.8 Å². The van der Waals surface area contributed by atoms with E-state index in [-0.39, 0.29) is 35.7 Å². The third kappa shape index (κ3) is 8.09. The number of aromatic amines is 1. The molecule has 0 aliphatic carbocycles. The van der Waals surface area contributed by atoms with E-state index in [1.165, 1.54) is 27.5 Å². The number of piperidine rings is 2. The molecule has 1 aromatic carbocycles. The largest absolute Gasteiger partial charge is 0.496 e. The highest BCUT2D eigenvalue weighted by atomic mass is 19.1. The van der Waals surface area contributed by atoms with E-state index >= 15 is 4.39 Å². The van der Waals surface area contributed by atoms with E-state index < -0.39 is 11.2 Å². The molecule has 5 aromatic rings. The fraction of sp³-hybridized carbons (Fsp3) is 0.410. The van der Waals surface area contributed by atoms with E-state index in [0.717, 1.165) is 64.0 Å². The summed E-state index contributed by atoms with van der Waals surface area (Å²) in [7, 11) is 3.23. The van der Waals surface area contributed by atoms with Gasteiger partial charge in [-0.15, -0.1) is 0 Å². The highest BCUT2D eigenvalue weighted by molar-refractivity contribution is 5.95. The molecule has 7 rings (SSSR count). The van der Waals surface area contributed by atoms with Crippen LogP contribution >= 0.6 is 0 Å². The van der Waals surface area contributed by atoms with Crippen molar-refractivity contribution in [2.24, 2.45) is 7.05 Å². The third-order valence-electron chi connectivity index (χ3n) is 10.5. The first-order valence-corrected chi connectivity index (χ1v) is 18.0. The number of hydrogen-bond donors (Lipinski definition) is 1. The molecule has 0 bridgehead atoms. The maximum atomic E-state index is 15.8. The molecule has 14 heteroatoms. The summed E-state index contributed by atoms with van der Waals surface area (Å²) in [5.41, 5.74) is 1.03. The summed E-state index contributed by atoms with van der Waals surface area (Å²) in [5.74, 6) is 0.127. The number of aryl methyl sites for hydroxylation is 1. The van der Waals surface area contributed by atoms with Crippen LogP contribution in [-0.4, -0.2) is 85.5 Å². The average Bonchev–Trinajstić information content (AvgIpc) is 3.16. The lowest BCUT2D eigenvalue weighted by Gasteiger charge is -2.37. The van der Waals surface area contributed by atoms with E-state index in [0.29, 0.717) is 46.3 Å². The van der Waals surface area contributed by atoms with Gasteiger partial charge in [0.05, 0.1) is 31.2 Å². The van der Waals surface area contributed by atoms with Crippen molar-refractivity contribution in [1.29, 1.82) is 0 Å². The number of aromatic nitrogens is 5. The van der Waals surface area contributed by atoms with Crippen molar-refractivity contribution >= 4 is 10.8 Å². The Kier molecular flexibility index (Phi) is 10.8. The molecule has 0 saturated carbocycles. The van der Waals surface area contributed by atoms with Crippen LogP contribution in [0.3, 0.4) is 0 Å². The van der Waals surface area contributed by atoms with Gasteiger partial charge in [0.15, 0.2) is 0 Å². The van der Waals surface area contributed by atoms with Crippen LogP contribution < -0.4 is 27.1 Å². The number of nitrogens with one attached hydrogen (secondary N) is 1. The molecule has 0 atom stereocenters. The van der Waals surface area contributed by atoms with Gasteiger partial charge < -0.3 is 23.5 Å². The lowest BCUT2D eigenvalue weighted by molar-refractivity contribution is -0.0659. The van der Waals surface area contributed by atoms with Crippen LogP contribution in [0.2, 0.25) is 0 Å². The molecule has 2 saturated heterocycles. The Morgan fingerprint density at radius 3 is 2.30 bits per heavy atom. The second-order valence-electron chi connectivity index (χ2n) is 13.9. The van der Waals surface area contributed by atoms with Crippen LogP contribution in [0.15, 0.2) is 86.6 Å². The van der Waals surface area contributed by atoms with Crippen LogP contribution in [0.25, 0.3) is 21.9 Å². The lowest BCUT2D eigenvalue weighted by Crippen LogP contribution is -2.43. The van der Waals surface area contributed by atoms with Gasteiger partial charge in [-0.25, -0.2) is 9.18 Å². The molecule has 13 nitrogen and oxygen atoms in total. The first-order chi connectivity index (χ1) is 25.7. The Hall–Kier alpha value is -5.18. The Labute approximate surface area is 304 Å². The zero-order chi connectivity index (χ0) is 37.1. The van der Waals surface area contributed by atoms with Crippen molar-refractivity contribution in [3.63, 3.8) is 0 Å². The maximum Gasteiger partial charge on any atom is 0.328 e. The summed E-state index contributed by atoms with van der Waals surface area (Å²) in [6.45, 7) is 5.12. The molecule has 0 unspecified atom stereocenters. The fourth-order valence-electron chi connectivity index (χ4n) is 7.50. The Morgan fingerprint density at radius 2 is 1.58 bits per heavy atom. The minimum atomic E-state index is -0.548. The molecule has 53 heavy (non-hydrogen) atoms. The minimum Gasteiger partial charge on any atom is -0.496 e. The van der Waals surface area contributed by atoms with Crippen molar-refractivity contribution in [2.45, 2.75) is 57.5 Å². The van der Waals surface area contributed by atoms with E-state index in [1.54, 1.807) is 61.7 Å². The monoisotopic (exact) mass is 725 g/mol. The van der Waals surface area contributed by atoms with Gasteiger partial charge in [-0.05, 0) is 60.9 Å². The molecule has 0 amide bonds. The number of halogens is 1. The molecule has 2 fully saturated rings. The van der Waals surface area contributed by atoms with Gasteiger partial charge in [0.2, 0.25) is 0 Å². The lowest BCUT2D eigenvalue weighted by atomic mass is 9.98. The van der Waals surface area contributed by atoms with Gasteiger partial charge in [-0.1, -0.05) is 6.07 Å². The van der Waals surface area contributed by atoms with Crippen LogP contribution in [0.1, 0.15) is 36.8 Å². The summed E-state index contributed by atoms with van der Waals surface area (Å²) in [6, 6.07) is 9.91. The number of fused-ring (bicyclic) bond motifs is 1. The molecule has 4 aromatic heterocycles. The number of pyridine rings is 3. The SMILES string of the molecule is COc1cc(-c2cn(C)c(=O)c3cnccc23)cc(F)c1CN1CCC(OC2CCN(CCn3cccc(Cn4ccc(=O)[nH]c4=O)c3=O)CC2)CC1. The molecule has 1 N–H and O–H groups in total. The molecule has 0 spiro atoms. The van der Waals surface area contributed by atoms with Crippen molar-refractivity contribution in [2.75, 3.05) is 39.8 Å². The van der Waals surface area contributed by atoms with Crippen molar-refractivity contribution in [3.8, 4) is 16.9 Å². The van der Waals surface area contributed by atoms with Gasteiger partial charge in [-0.3, -0.25) is 33.8 Å². The Bertz CT molecular complexity index is 2330. The number of methoxy groups -OCH3 is 1. The summed E-state index contributed by atoms with van der Waals surface area (Å²) in [6.07, 6.45) is 11.9. The van der Waals surface area contributed by atoms with Crippen molar-refractivity contribution < 1.29 is 13.9 Å². The summed E-state index contributed by atoms with van der Waals surface area (Å²) < 4.78 is 32.5. The third-order valence-corrected chi connectivity index (χ3v) is 10.5. The predicted molar refractivity (Wildman–Crippen MR) is 199 cm³/mol. The number of ether oxygens (including phenoxy) is 2. The number of H-pyrrole nitrogens is 1. The zero-order valence-corrected chi connectivity index (χ0v) is 30.0. The summed E-state index contributed by atoms with van der Waals surface area (Å²) in [5, 5.41) is 1.19. The average molecular weight is 726 g/mol. The molecular formula is C39H44FN7O6. The molecule has 0 radical (unpaired) electrons. The van der Waals surface area contributed by atoms with Gasteiger partial charge >= 0.3 is 5.69 Å². The molecule has 2 aliphatic rings. The first kappa shape index (κ1) is 36.2. The highest BCUT2D eigenvalue weighted by Crippen LogP contribution is 2.34. The second-order valence-corrected chi connectivity index (χ2v) is 13.9. The molecular weight excluding hydrogens is 681 g/mol. The van der Waals surface area contributed by atoms with Gasteiger partial charge in [0, 0.05) is 107 Å². The van der Waals surface area contributed by atoms with Gasteiger partial charge in [0.25, 0.3) is 16.7 Å². The van der Waals surface area contributed by atoms with E-state index in [1.807, 2.05) is 6.07 Å². The van der Waals surface area contributed by atoms with Crippen LogP contribution in [0.4, 0.5) is 4.39 Å². The Morgan fingerprint density at radius 1 is 0.849 bits per heavy atom. The highest BCUT2D eigenvalue weighted by Gasteiger charge is 2.27.